The Balaban J connectivity index is 1.45. The summed E-state index contributed by atoms with van der Waals surface area (Å²) in [7, 11) is 0. The van der Waals surface area contributed by atoms with E-state index in [4.69, 9.17) is 4.74 Å². The first-order chi connectivity index (χ1) is 11.3. The number of carbonyl (C=O) groups is 1. The van der Waals surface area contributed by atoms with Crippen molar-refractivity contribution in [2.45, 2.75) is 44.2 Å². The second kappa shape index (κ2) is 6.71. The SMILES string of the molecule is O=C(Cc1csc(-c2ccsc2)n1)N1CCO[C@@H]2CCCC[C@@H]21. The Hall–Kier alpha value is -1.24. The maximum Gasteiger partial charge on any atom is 0.229 e. The summed E-state index contributed by atoms with van der Waals surface area (Å²) in [6, 6.07) is 2.35. The Morgan fingerprint density at radius 2 is 2.26 bits per heavy atom. The van der Waals surface area contributed by atoms with Gasteiger partial charge in [0.05, 0.1) is 30.9 Å². The van der Waals surface area contributed by atoms with Gasteiger partial charge >= 0.3 is 0 Å². The van der Waals surface area contributed by atoms with Crippen LogP contribution in [-0.4, -0.2) is 41.1 Å². The molecule has 2 aromatic rings. The quantitative estimate of drug-likeness (QED) is 0.851. The molecule has 1 saturated carbocycles. The van der Waals surface area contributed by atoms with Crippen molar-refractivity contribution in [2.24, 2.45) is 0 Å². The lowest BCUT2D eigenvalue weighted by Gasteiger charge is -2.43. The number of thiazole rings is 1. The Morgan fingerprint density at radius 1 is 1.35 bits per heavy atom. The predicted molar refractivity (Wildman–Crippen MR) is 92.8 cm³/mol. The largest absolute Gasteiger partial charge is 0.374 e. The summed E-state index contributed by atoms with van der Waals surface area (Å²) >= 11 is 3.29. The molecule has 3 heterocycles. The number of ether oxygens (including phenoxy) is 1. The average molecular weight is 348 g/mol. The molecule has 6 heteroatoms. The summed E-state index contributed by atoms with van der Waals surface area (Å²) < 4.78 is 5.86. The molecular formula is C17H20N2O2S2. The number of aromatic nitrogens is 1. The molecular weight excluding hydrogens is 328 g/mol. The minimum Gasteiger partial charge on any atom is -0.374 e. The van der Waals surface area contributed by atoms with E-state index < -0.39 is 0 Å². The Kier molecular flexibility index (Phi) is 4.46. The number of thiophene rings is 1. The normalized spacial score (nSPS) is 24.4. The number of carbonyl (C=O) groups excluding carboxylic acids is 1. The van der Waals surface area contributed by atoms with Crippen molar-refractivity contribution < 1.29 is 9.53 Å². The summed E-state index contributed by atoms with van der Waals surface area (Å²) in [5, 5.41) is 7.17. The minimum absolute atomic E-state index is 0.201. The number of fused-ring (bicyclic) bond motifs is 1. The number of hydrogen-bond acceptors (Lipinski definition) is 5. The Morgan fingerprint density at radius 3 is 3.13 bits per heavy atom. The van der Waals surface area contributed by atoms with Crippen molar-refractivity contribution in [3.63, 3.8) is 0 Å². The van der Waals surface area contributed by atoms with Gasteiger partial charge in [-0.1, -0.05) is 12.8 Å². The molecule has 2 aromatic heterocycles. The van der Waals surface area contributed by atoms with Gasteiger partial charge in [0.2, 0.25) is 5.91 Å². The lowest BCUT2D eigenvalue weighted by atomic mass is 9.90. The minimum atomic E-state index is 0.201. The fraction of sp³-hybridized carbons (Fsp3) is 0.529. The van der Waals surface area contributed by atoms with Gasteiger partial charge in [-0.15, -0.1) is 11.3 Å². The molecule has 0 unspecified atom stereocenters. The number of nitrogens with zero attached hydrogens (tertiary/aromatic N) is 2. The highest BCUT2D eigenvalue weighted by atomic mass is 32.1. The molecule has 0 N–H and O–H groups in total. The van der Waals surface area contributed by atoms with E-state index in [-0.39, 0.29) is 18.1 Å². The lowest BCUT2D eigenvalue weighted by Crippen LogP contribution is -2.55. The van der Waals surface area contributed by atoms with Gasteiger partial charge in [-0.2, -0.15) is 11.3 Å². The molecule has 0 bridgehead atoms. The van der Waals surface area contributed by atoms with Gasteiger partial charge in [0, 0.05) is 22.9 Å². The van der Waals surface area contributed by atoms with Crippen LogP contribution in [0.2, 0.25) is 0 Å². The van der Waals surface area contributed by atoms with Gasteiger partial charge in [0.1, 0.15) is 5.01 Å². The van der Waals surface area contributed by atoms with Crippen molar-refractivity contribution in [2.75, 3.05) is 13.2 Å². The second-order valence-electron chi connectivity index (χ2n) is 6.18. The van der Waals surface area contributed by atoms with Crippen LogP contribution in [0.5, 0.6) is 0 Å². The summed E-state index contributed by atoms with van der Waals surface area (Å²) in [5.41, 5.74) is 2.04. The van der Waals surface area contributed by atoms with Crippen LogP contribution in [0.4, 0.5) is 0 Å². The first kappa shape index (κ1) is 15.3. The molecule has 2 atom stereocenters. The van der Waals surface area contributed by atoms with Crippen LogP contribution in [0.15, 0.2) is 22.2 Å². The van der Waals surface area contributed by atoms with Crippen molar-refractivity contribution in [3.05, 3.63) is 27.9 Å². The number of rotatable bonds is 3. The van der Waals surface area contributed by atoms with E-state index in [0.29, 0.717) is 13.0 Å². The number of amides is 1. The number of morpholine rings is 1. The van der Waals surface area contributed by atoms with Crippen LogP contribution >= 0.6 is 22.7 Å². The average Bonchev–Trinajstić information content (AvgIpc) is 3.25. The van der Waals surface area contributed by atoms with E-state index in [0.717, 1.165) is 35.7 Å². The van der Waals surface area contributed by atoms with Crippen molar-refractivity contribution in [1.29, 1.82) is 0 Å². The summed E-state index contributed by atoms with van der Waals surface area (Å²) in [6.07, 6.45) is 5.25. The summed E-state index contributed by atoms with van der Waals surface area (Å²) in [6.45, 7) is 1.39. The zero-order chi connectivity index (χ0) is 15.6. The van der Waals surface area contributed by atoms with E-state index in [1.54, 1.807) is 22.7 Å². The van der Waals surface area contributed by atoms with Gasteiger partial charge < -0.3 is 9.64 Å². The van der Waals surface area contributed by atoms with Gasteiger partial charge in [-0.25, -0.2) is 4.98 Å². The fourth-order valence-electron chi connectivity index (χ4n) is 3.57. The highest BCUT2D eigenvalue weighted by molar-refractivity contribution is 7.14. The zero-order valence-corrected chi connectivity index (χ0v) is 14.6. The van der Waals surface area contributed by atoms with Crippen LogP contribution in [0.1, 0.15) is 31.4 Å². The van der Waals surface area contributed by atoms with Crippen LogP contribution in [0, 0.1) is 0 Å². The fourth-order valence-corrected chi connectivity index (χ4v) is 5.10. The second-order valence-corrected chi connectivity index (χ2v) is 7.82. The van der Waals surface area contributed by atoms with Crippen molar-refractivity contribution in [1.82, 2.24) is 9.88 Å². The first-order valence-corrected chi connectivity index (χ1v) is 10.0. The van der Waals surface area contributed by atoms with Crippen LogP contribution in [-0.2, 0) is 16.0 Å². The Labute approximate surface area is 144 Å². The lowest BCUT2D eigenvalue weighted by molar-refractivity contribution is -0.148. The van der Waals surface area contributed by atoms with Crippen LogP contribution < -0.4 is 0 Å². The molecule has 0 spiro atoms. The molecule has 1 amide bonds. The van der Waals surface area contributed by atoms with E-state index in [9.17, 15) is 4.79 Å². The molecule has 4 nitrogen and oxygen atoms in total. The third-order valence-corrected chi connectivity index (χ3v) is 6.33. The zero-order valence-electron chi connectivity index (χ0n) is 12.9. The summed E-state index contributed by atoms with van der Waals surface area (Å²) in [4.78, 5) is 19.4. The maximum atomic E-state index is 12.8. The van der Waals surface area contributed by atoms with E-state index >= 15 is 0 Å². The van der Waals surface area contributed by atoms with E-state index in [1.165, 1.54) is 12.8 Å². The van der Waals surface area contributed by atoms with Crippen LogP contribution in [0.25, 0.3) is 10.6 Å². The molecule has 2 aliphatic rings. The monoisotopic (exact) mass is 348 g/mol. The van der Waals surface area contributed by atoms with Crippen LogP contribution in [0.3, 0.4) is 0 Å². The molecule has 1 aliphatic heterocycles. The molecule has 2 fully saturated rings. The topological polar surface area (TPSA) is 42.4 Å². The van der Waals surface area contributed by atoms with E-state index in [1.807, 2.05) is 5.38 Å². The third-order valence-electron chi connectivity index (χ3n) is 4.70. The standard InChI is InChI=1S/C17H20N2O2S2/c20-16(19-6-7-21-15-4-2-1-3-14(15)19)9-13-11-23-17(18-13)12-5-8-22-10-12/h5,8,10-11,14-15H,1-4,6-7,9H2/t14-,15+/m0/s1. The van der Waals surface area contributed by atoms with Crippen molar-refractivity contribution in [3.8, 4) is 10.6 Å². The molecule has 1 saturated heterocycles. The molecule has 122 valence electrons. The molecule has 1 aliphatic carbocycles. The van der Waals surface area contributed by atoms with E-state index in [2.05, 4.69) is 26.7 Å². The first-order valence-electron chi connectivity index (χ1n) is 8.19. The molecule has 4 rings (SSSR count). The smallest absolute Gasteiger partial charge is 0.229 e. The number of hydrogen-bond donors (Lipinski definition) is 0. The van der Waals surface area contributed by atoms with Gasteiger partial charge in [-0.3, -0.25) is 4.79 Å². The molecule has 23 heavy (non-hydrogen) atoms. The highest BCUT2D eigenvalue weighted by Gasteiger charge is 2.36. The van der Waals surface area contributed by atoms with Gasteiger partial charge in [-0.05, 0) is 24.3 Å². The summed E-state index contributed by atoms with van der Waals surface area (Å²) in [5.74, 6) is 0.201. The molecule has 0 aromatic carbocycles. The highest BCUT2D eigenvalue weighted by Crippen LogP contribution is 2.30. The molecule has 0 radical (unpaired) electrons. The third kappa shape index (κ3) is 3.20. The van der Waals surface area contributed by atoms with Gasteiger partial charge in [0.15, 0.2) is 0 Å². The van der Waals surface area contributed by atoms with Crippen molar-refractivity contribution >= 4 is 28.6 Å². The predicted octanol–water partition coefficient (Wildman–Crippen LogP) is 3.58. The maximum absolute atomic E-state index is 12.8. The van der Waals surface area contributed by atoms with Gasteiger partial charge in [0.25, 0.3) is 0 Å². The Bertz CT molecular complexity index is 666.